The molecule has 0 atom stereocenters. The van der Waals surface area contributed by atoms with Gasteiger partial charge in [0.1, 0.15) is 0 Å². The molecule has 0 saturated carbocycles. The van der Waals surface area contributed by atoms with Crippen molar-refractivity contribution in [2.24, 2.45) is 4.99 Å². The Bertz CT molecular complexity index is 362. The molecule has 74 valence electrons. The van der Waals surface area contributed by atoms with Gasteiger partial charge in [0.2, 0.25) is 6.08 Å². The van der Waals surface area contributed by atoms with Crippen molar-refractivity contribution in [3.63, 3.8) is 0 Å². The Balaban J connectivity index is 2.96. The molecule has 0 bridgehead atoms. The molecule has 1 rings (SSSR count). The zero-order valence-corrected chi connectivity index (χ0v) is 8.87. The maximum atomic E-state index is 10.1. The number of hydrogen-bond donors (Lipinski definition) is 0. The predicted molar refractivity (Wildman–Crippen MR) is 57.2 cm³/mol. The highest BCUT2D eigenvalue weighted by atomic mass is 16.1. The summed E-state index contributed by atoms with van der Waals surface area (Å²) in [5, 5.41) is 0. The fourth-order valence-corrected chi connectivity index (χ4v) is 1.39. The first-order valence-corrected chi connectivity index (χ1v) is 4.67. The Morgan fingerprint density at radius 3 is 2.71 bits per heavy atom. The van der Waals surface area contributed by atoms with Crippen LogP contribution in [-0.4, -0.2) is 12.6 Å². The summed E-state index contributed by atoms with van der Waals surface area (Å²) >= 11 is 0. The van der Waals surface area contributed by atoms with E-state index in [1.807, 2.05) is 6.07 Å². The molecule has 0 fully saturated rings. The zero-order valence-electron chi connectivity index (χ0n) is 8.87. The highest BCUT2D eigenvalue weighted by Crippen LogP contribution is 2.23. The molecule has 0 aromatic heterocycles. The number of hydrogen-bond acceptors (Lipinski definition) is 2. The van der Waals surface area contributed by atoms with E-state index in [4.69, 9.17) is 0 Å². The topological polar surface area (TPSA) is 29.4 Å². The van der Waals surface area contributed by atoms with Crippen LogP contribution in [0.15, 0.2) is 29.3 Å². The van der Waals surface area contributed by atoms with E-state index < -0.39 is 0 Å². The monoisotopic (exact) mass is 189 g/mol. The summed E-state index contributed by atoms with van der Waals surface area (Å²) < 4.78 is 0. The smallest absolute Gasteiger partial charge is 0.211 e. The molecule has 0 radical (unpaired) electrons. The minimum Gasteiger partial charge on any atom is -0.211 e. The highest BCUT2D eigenvalue weighted by Gasteiger charge is 2.19. The number of carbonyl (C=O) groups excluding carboxylic acids is 1. The van der Waals surface area contributed by atoms with Crippen LogP contribution in [0, 0.1) is 6.92 Å². The van der Waals surface area contributed by atoms with Crippen molar-refractivity contribution in [2.75, 3.05) is 6.54 Å². The number of isocyanates is 1. The second kappa shape index (κ2) is 4.21. The molecule has 0 aliphatic carbocycles. The van der Waals surface area contributed by atoms with Crippen molar-refractivity contribution in [1.82, 2.24) is 0 Å². The first-order chi connectivity index (χ1) is 6.56. The van der Waals surface area contributed by atoms with Crippen LogP contribution in [0.5, 0.6) is 0 Å². The van der Waals surface area contributed by atoms with Gasteiger partial charge in [0.25, 0.3) is 0 Å². The van der Waals surface area contributed by atoms with Gasteiger partial charge in [-0.1, -0.05) is 43.7 Å². The molecule has 0 unspecified atom stereocenters. The lowest BCUT2D eigenvalue weighted by molar-refractivity contribution is 0.526. The van der Waals surface area contributed by atoms with E-state index in [0.29, 0.717) is 6.54 Å². The van der Waals surface area contributed by atoms with Crippen molar-refractivity contribution in [3.05, 3.63) is 35.4 Å². The molecular weight excluding hydrogens is 174 g/mol. The molecule has 0 amide bonds. The fourth-order valence-electron chi connectivity index (χ4n) is 1.39. The normalized spacial score (nSPS) is 10.8. The largest absolute Gasteiger partial charge is 0.234 e. The van der Waals surface area contributed by atoms with Crippen LogP contribution in [0.2, 0.25) is 0 Å². The van der Waals surface area contributed by atoms with Crippen LogP contribution in [-0.2, 0) is 10.2 Å². The first-order valence-electron chi connectivity index (χ1n) is 4.67. The third-order valence-electron chi connectivity index (χ3n) is 2.34. The number of rotatable bonds is 3. The quantitative estimate of drug-likeness (QED) is 0.531. The summed E-state index contributed by atoms with van der Waals surface area (Å²) in [4.78, 5) is 13.7. The van der Waals surface area contributed by atoms with Gasteiger partial charge in [0, 0.05) is 5.41 Å². The Morgan fingerprint density at radius 1 is 1.43 bits per heavy atom. The first kappa shape index (κ1) is 10.7. The van der Waals surface area contributed by atoms with E-state index >= 15 is 0 Å². The van der Waals surface area contributed by atoms with Crippen LogP contribution in [0.3, 0.4) is 0 Å². The summed E-state index contributed by atoms with van der Waals surface area (Å²) in [5.41, 5.74) is 2.34. The lowest BCUT2D eigenvalue weighted by Gasteiger charge is -2.22. The Hall–Kier alpha value is -1.40. The van der Waals surface area contributed by atoms with E-state index in [1.54, 1.807) is 6.08 Å². The third kappa shape index (κ3) is 2.54. The van der Waals surface area contributed by atoms with E-state index in [0.717, 1.165) is 0 Å². The van der Waals surface area contributed by atoms with Crippen molar-refractivity contribution in [2.45, 2.75) is 26.2 Å². The second-order valence-corrected chi connectivity index (χ2v) is 4.16. The van der Waals surface area contributed by atoms with Crippen LogP contribution in [0.1, 0.15) is 25.0 Å². The highest BCUT2D eigenvalue weighted by molar-refractivity contribution is 5.35. The minimum atomic E-state index is -0.0938. The molecule has 14 heavy (non-hydrogen) atoms. The number of nitrogens with zero attached hydrogens (tertiary/aromatic N) is 1. The number of aryl methyl sites for hydroxylation is 1. The van der Waals surface area contributed by atoms with Crippen LogP contribution in [0.4, 0.5) is 0 Å². The summed E-state index contributed by atoms with van der Waals surface area (Å²) in [7, 11) is 0. The van der Waals surface area contributed by atoms with Gasteiger partial charge in [0.05, 0.1) is 6.54 Å². The molecule has 0 N–H and O–H groups in total. The third-order valence-corrected chi connectivity index (χ3v) is 2.34. The molecule has 0 saturated heterocycles. The van der Waals surface area contributed by atoms with Gasteiger partial charge in [0.15, 0.2) is 0 Å². The second-order valence-electron chi connectivity index (χ2n) is 4.16. The van der Waals surface area contributed by atoms with Gasteiger partial charge in [-0.3, -0.25) is 0 Å². The summed E-state index contributed by atoms with van der Waals surface area (Å²) in [6, 6.07) is 8.27. The van der Waals surface area contributed by atoms with E-state index in [2.05, 4.69) is 44.0 Å². The average Bonchev–Trinajstić information content (AvgIpc) is 2.15. The van der Waals surface area contributed by atoms with Gasteiger partial charge >= 0.3 is 0 Å². The van der Waals surface area contributed by atoms with Gasteiger partial charge in [-0.15, -0.1) is 0 Å². The minimum absolute atomic E-state index is 0.0938. The maximum Gasteiger partial charge on any atom is 0.234 e. The molecule has 0 aliphatic rings. The van der Waals surface area contributed by atoms with Crippen molar-refractivity contribution < 1.29 is 4.79 Å². The van der Waals surface area contributed by atoms with Gasteiger partial charge in [-0.25, -0.2) is 9.79 Å². The van der Waals surface area contributed by atoms with Crippen LogP contribution in [0.25, 0.3) is 0 Å². The van der Waals surface area contributed by atoms with Crippen LogP contribution >= 0.6 is 0 Å². The van der Waals surface area contributed by atoms with Gasteiger partial charge in [-0.2, -0.15) is 0 Å². The summed E-state index contributed by atoms with van der Waals surface area (Å²) in [6.45, 7) is 6.69. The predicted octanol–water partition coefficient (Wildman–Crippen LogP) is 2.61. The Labute approximate surface area is 84.7 Å². The summed E-state index contributed by atoms with van der Waals surface area (Å²) in [5.74, 6) is 0. The zero-order chi connectivity index (χ0) is 10.6. The summed E-state index contributed by atoms with van der Waals surface area (Å²) in [6.07, 6.45) is 1.58. The average molecular weight is 189 g/mol. The fraction of sp³-hybridized carbons (Fsp3) is 0.417. The lowest BCUT2D eigenvalue weighted by atomic mass is 9.84. The number of aliphatic imine (C=N–C) groups is 1. The van der Waals surface area contributed by atoms with Crippen LogP contribution < -0.4 is 0 Å². The Kier molecular flexibility index (Phi) is 3.21. The molecule has 2 heteroatoms. The molecular formula is C12H15NO. The van der Waals surface area contributed by atoms with E-state index in [9.17, 15) is 4.79 Å². The lowest BCUT2D eigenvalue weighted by Crippen LogP contribution is -2.21. The molecule has 2 nitrogen and oxygen atoms in total. The molecule has 0 heterocycles. The molecule has 1 aromatic rings. The van der Waals surface area contributed by atoms with Gasteiger partial charge < -0.3 is 0 Å². The Morgan fingerprint density at radius 2 is 2.14 bits per heavy atom. The molecule has 0 aliphatic heterocycles. The van der Waals surface area contributed by atoms with Crippen molar-refractivity contribution in [1.29, 1.82) is 0 Å². The number of benzene rings is 1. The van der Waals surface area contributed by atoms with Crippen molar-refractivity contribution >= 4 is 6.08 Å². The van der Waals surface area contributed by atoms with E-state index in [-0.39, 0.29) is 5.41 Å². The SMILES string of the molecule is Cc1cccc(C(C)(C)CN=C=O)c1. The molecule has 1 aromatic carbocycles. The van der Waals surface area contributed by atoms with E-state index in [1.165, 1.54) is 11.1 Å². The standard InChI is InChI=1S/C12H15NO/c1-10-5-4-6-11(7-10)12(2,3)8-13-9-14/h4-7H,8H2,1-3H3. The maximum absolute atomic E-state index is 10.1. The van der Waals surface area contributed by atoms with Crippen molar-refractivity contribution in [3.8, 4) is 0 Å². The van der Waals surface area contributed by atoms with Gasteiger partial charge in [-0.05, 0) is 12.5 Å². The molecule has 0 spiro atoms.